The molecular formula is C48H26N4O. The van der Waals surface area contributed by atoms with Crippen molar-refractivity contribution < 1.29 is 4.42 Å². The van der Waals surface area contributed by atoms with Crippen LogP contribution >= 0.6 is 0 Å². The summed E-state index contributed by atoms with van der Waals surface area (Å²) in [4.78, 5) is 10.8. The number of furan rings is 1. The molecule has 244 valence electrons. The third-order valence-electron chi connectivity index (χ3n) is 11.4. The van der Waals surface area contributed by atoms with E-state index in [1.165, 1.54) is 65.0 Å². The predicted molar refractivity (Wildman–Crippen MR) is 219 cm³/mol. The first-order valence-electron chi connectivity index (χ1n) is 18.0. The lowest BCUT2D eigenvalue weighted by Gasteiger charge is -2.10. The number of hydrogen-bond acceptors (Lipinski definition) is 3. The Hall–Kier alpha value is -7.24. The van der Waals surface area contributed by atoms with Crippen molar-refractivity contribution in [1.29, 1.82) is 0 Å². The zero-order valence-electron chi connectivity index (χ0n) is 28.2. The minimum atomic E-state index is 0.616. The third-order valence-corrected chi connectivity index (χ3v) is 11.4. The Morgan fingerprint density at radius 1 is 0.434 bits per heavy atom. The van der Waals surface area contributed by atoms with E-state index in [0.29, 0.717) is 11.5 Å². The number of fused-ring (bicyclic) bond motifs is 15. The Labute approximate surface area is 300 Å². The average Bonchev–Trinajstić information content (AvgIpc) is 3.94. The lowest BCUT2D eigenvalue weighted by molar-refractivity contribution is 0.666. The molecule has 5 nitrogen and oxygen atoms in total. The quantitative estimate of drug-likeness (QED) is 0.183. The normalized spacial score (nSPS) is 12.5. The van der Waals surface area contributed by atoms with Crippen LogP contribution in [0.1, 0.15) is 0 Å². The smallest absolute Gasteiger partial charge is 0.236 e. The van der Waals surface area contributed by atoms with E-state index in [1.54, 1.807) is 0 Å². The Morgan fingerprint density at radius 3 is 1.92 bits per heavy atom. The SMILES string of the molecule is c1ccc2cc(-c3nc(-n4c5ccccc5c5c6c7ccccc7n7c8cc9ccccc9cc8c(cc54)c67)nc4c3oc3ccccc34)ccc2c1. The van der Waals surface area contributed by atoms with E-state index in [-0.39, 0.29) is 0 Å². The molecule has 8 aromatic carbocycles. The zero-order chi connectivity index (χ0) is 34.4. The van der Waals surface area contributed by atoms with Crippen molar-refractivity contribution in [3.05, 3.63) is 158 Å². The van der Waals surface area contributed by atoms with Crippen LogP contribution in [0.4, 0.5) is 0 Å². The van der Waals surface area contributed by atoms with Crippen molar-refractivity contribution in [3.63, 3.8) is 0 Å². The van der Waals surface area contributed by atoms with Gasteiger partial charge in [0.15, 0.2) is 5.58 Å². The van der Waals surface area contributed by atoms with Crippen LogP contribution in [0.15, 0.2) is 162 Å². The first kappa shape index (κ1) is 27.5. The molecule has 0 saturated heterocycles. The second-order valence-electron chi connectivity index (χ2n) is 14.2. The molecule has 0 aliphatic carbocycles. The standard InChI is InChI=1S/C48H26N4O/c1-2-12-28-23-31(22-21-27(28)11-1)44-47-45(34-17-7-10-20-41(34)53-47)50-48(49-44)52-38-19-9-5-15-32(38)42-40(52)26-36-35-24-29-13-3-4-14-30(29)25-39(35)51-37-18-8-6-16-33(37)43(42)46(36)51/h1-26H. The molecule has 0 unspecified atom stereocenters. The number of nitrogens with zero attached hydrogens (tertiary/aromatic N) is 4. The fourth-order valence-corrected chi connectivity index (χ4v) is 9.12. The van der Waals surface area contributed by atoms with Gasteiger partial charge in [0, 0.05) is 43.3 Å². The molecule has 0 spiro atoms. The van der Waals surface area contributed by atoms with Gasteiger partial charge in [0.05, 0.1) is 27.6 Å². The van der Waals surface area contributed by atoms with Gasteiger partial charge in [-0.15, -0.1) is 0 Å². The number of benzene rings is 8. The molecule has 5 aromatic heterocycles. The van der Waals surface area contributed by atoms with Gasteiger partial charge in [0.25, 0.3) is 0 Å². The van der Waals surface area contributed by atoms with Crippen molar-refractivity contribution in [2.45, 2.75) is 0 Å². The van der Waals surface area contributed by atoms with Crippen molar-refractivity contribution >= 4 is 104 Å². The summed E-state index contributed by atoms with van der Waals surface area (Å²) >= 11 is 0. The zero-order valence-corrected chi connectivity index (χ0v) is 28.2. The van der Waals surface area contributed by atoms with E-state index >= 15 is 0 Å². The highest BCUT2D eigenvalue weighted by Crippen LogP contribution is 2.47. The summed E-state index contributed by atoms with van der Waals surface area (Å²) in [6.07, 6.45) is 0. The third kappa shape index (κ3) is 3.51. The van der Waals surface area contributed by atoms with Crippen molar-refractivity contribution in [2.75, 3.05) is 0 Å². The summed E-state index contributed by atoms with van der Waals surface area (Å²) in [7, 11) is 0. The Bertz CT molecular complexity index is 3700. The van der Waals surface area contributed by atoms with Crippen molar-refractivity contribution in [2.24, 2.45) is 0 Å². The first-order valence-corrected chi connectivity index (χ1v) is 18.0. The van der Waals surface area contributed by atoms with Crippen molar-refractivity contribution in [3.8, 4) is 17.2 Å². The van der Waals surface area contributed by atoms with Gasteiger partial charge in [-0.25, -0.2) is 9.97 Å². The topological polar surface area (TPSA) is 48.3 Å². The highest BCUT2D eigenvalue weighted by molar-refractivity contribution is 6.36. The van der Waals surface area contributed by atoms with Crippen LogP contribution in [0.5, 0.6) is 0 Å². The highest BCUT2D eigenvalue weighted by Gasteiger charge is 2.26. The molecule has 0 aliphatic rings. The van der Waals surface area contributed by atoms with E-state index in [2.05, 4.69) is 148 Å². The maximum Gasteiger partial charge on any atom is 0.236 e. The minimum absolute atomic E-state index is 0.616. The molecule has 13 rings (SSSR count). The van der Waals surface area contributed by atoms with Gasteiger partial charge in [-0.3, -0.25) is 4.57 Å². The van der Waals surface area contributed by atoms with E-state index in [4.69, 9.17) is 14.4 Å². The summed E-state index contributed by atoms with van der Waals surface area (Å²) in [5.41, 5.74) is 9.87. The van der Waals surface area contributed by atoms with Crippen LogP contribution in [0, 0.1) is 0 Å². The molecule has 5 heteroatoms. The molecular weight excluding hydrogens is 649 g/mol. The summed E-state index contributed by atoms with van der Waals surface area (Å²) in [6.45, 7) is 0. The maximum atomic E-state index is 6.57. The minimum Gasteiger partial charge on any atom is -0.452 e. The van der Waals surface area contributed by atoms with Gasteiger partial charge in [-0.2, -0.15) is 0 Å². The van der Waals surface area contributed by atoms with Gasteiger partial charge >= 0.3 is 0 Å². The van der Waals surface area contributed by atoms with Crippen LogP contribution in [0.3, 0.4) is 0 Å². The molecule has 0 amide bonds. The summed E-state index contributed by atoms with van der Waals surface area (Å²) in [5.74, 6) is 0.616. The molecule has 0 fully saturated rings. The second-order valence-corrected chi connectivity index (χ2v) is 14.2. The average molecular weight is 675 g/mol. The van der Waals surface area contributed by atoms with Crippen LogP contribution in [0.25, 0.3) is 121 Å². The Balaban J connectivity index is 1.23. The van der Waals surface area contributed by atoms with E-state index in [0.717, 1.165) is 44.2 Å². The number of aromatic nitrogens is 4. The fraction of sp³-hybridized carbons (Fsp3) is 0. The van der Waals surface area contributed by atoms with Gasteiger partial charge in [0.1, 0.15) is 16.8 Å². The maximum absolute atomic E-state index is 6.57. The summed E-state index contributed by atoms with van der Waals surface area (Å²) in [5, 5.41) is 13.1. The molecule has 0 aliphatic heterocycles. The second kappa shape index (κ2) is 9.75. The first-order chi connectivity index (χ1) is 26.3. The van der Waals surface area contributed by atoms with Gasteiger partial charge in [0.2, 0.25) is 5.95 Å². The predicted octanol–water partition coefficient (Wildman–Crippen LogP) is 12.6. The lowest BCUT2D eigenvalue weighted by atomic mass is 10.0. The molecule has 0 radical (unpaired) electrons. The molecule has 0 saturated carbocycles. The van der Waals surface area contributed by atoms with E-state index in [1.807, 2.05) is 18.2 Å². The molecule has 0 N–H and O–H groups in total. The fourth-order valence-electron chi connectivity index (χ4n) is 9.12. The number of hydrogen-bond donors (Lipinski definition) is 0. The van der Waals surface area contributed by atoms with Gasteiger partial charge in [-0.05, 0) is 70.1 Å². The molecule has 0 atom stereocenters. The monoisotopic (exact) mass is 674 g/mol. The Morgan fingerprint density at radius 2 is 1.09 bits per heavy atom. The molecule has 13 aromatic rings. The summed E-state index contributed by atoms with van der Waals surface area (Å²) in [6, 6.07) is 56.4. The largest absolute Gasteiger partial charge is 0.452 e. The molecule has 53 heavy (non-hydrogen) atoms. The summed E-state index contributed by atoms with van der Waals surface area (Å²) < 4.78 is 11.3. The Kier molecular flexibility index (Phi) is 5.06. The van der Waals surface area contributed by atoms with Crippen LogP contribution in [-0.4, -0.2) is 18.9 Å². The number of rotatable bonds is 2. The van der Waals surface area contributed by atoms with Crippen LogP contribution in [-0.2, 0) is 0 Å². The van der Waals surface area contributed by atoms with Gasteiger partial charge < -0.3 is 8.82 Å². The van der Waals surface area contributed by atoms with E-state index < -0.39 is 0 Å². The van der Waals surface area contributed by atoms with Crippen LogP contribution < -0.4 is 0 Å². The van der Waals surface area contributed by atoms with Crippen molar-refractivity contribution in [1.82, 2.24) is 18.9 Å². The van der Waals surface area contributed by atoms with Crippen LogP contribution in [0.2, 0.25) is 0 Å². The molecule has 0 bridgehead atoms. The molecule has 5 heterocycles. The lowest BCUT2D eigenvalue weighted by Crippen LogP contribution is -2.03. The van der Waals surface area contributed by atoms with Gasteiger partial charge in [-0.1, -0.05) is 109 Å². The van der Waals surface area contributed by atoms with E-state index in [9.17, 15) is 0 Å². The number of para-hydroxylation sites is 3. The highest BCUT2D eigenvalue weighted by atomic mass is 16.3.